The SMILES string of the molecule is O=C(NCc1ncc(-c2ccccc2)o1)NCC(O)c1ccsc1. The summed E-state index contributed by atoms with van der Waals surface area (Å²) >= 11 is 1.50. The molecule has 1 aromatic carbocycles. The highest BCUT2D eigenvalue weighted by molar-refractivity contribution is 7.07. The van der Waals surface area contributed by atoms with Crippen molar-refractivity contribution in [3.05, 3.63) is 64.8 Å². The van der Waals surface area contributed by atoms with Gasteiger partial charge >= 0.3 is 6.03 Å². The van der Waals surface area contributed by atoms with Gasteiger partial charge in [-0.2, -0.15) is 11.3 Å². The van der Waals surface area contributed by atoms with Crippen molar-refractivity contribution in [2.45, 2.75) is 12.6 Å². The summed E-state index contributed by atoms with van der Waals surface area (Å²) in [4.78, 5) is 15.9. The van der Waals surface area contributed by atoms with Crippen molar-refractivity contribution in [2.75, 3.05) is 6.54 Å². The summed E-state index contributed by atoms with van der Waals surface area (Å²) in [6.07, 6.45) is 0.915. The van der Waals surface area contributed by atoms with E-state index in [9.17, 15) is 9.90 Å². The number of rotatable bonds is 6. The number of thiophene rings is 1. The Hall–Kier alpha value is -2.64. The first-order chi connectivity index (χ1) is 11.7. The van der Waals surface area contributed by atoms with Crippen molar-refractivity contribution in [1.29, 1.82) is 0 Å². The van der Waals surface area contributed by atoms with Gasteiger partial charge in [0.1, 0.15) is 0 Å². The number of amides is 2. The Bertz CT molecular complexity index is 772. The zero-order valence-electron chi connectivity index (χ0n) is 12.8. The van der Waals surface area contributed by atoms with E-state index in [1.165, 1.54) is 11.3 Å². The summed E-state index contributed by atoms with van der Waals surface area (Å²) in [5.74, 6) is 1.07. The number of urea groups is 1. The van der Waals surface area contributed by atoms with Gasteiger partial charge in [-0.1, -0.05) is 30.3 Å². The highest BCUT2D eigenvalue weighted by atomic mass is 32.1. The number of aliphatic hydroxyl groups is 1. The Labute approximate surface area is 143 Å². The Kier molecular flexibility index (Phi) is 5.25. The minimum absolute atomic E-state index is 0.142. The smallest absolute Gasteiger partial charge is 0.315 e. The molecule has 24 heavy (non-hydrogen) atoms. The first-order valence-corrected chi connectivity index (χ1v) is 8.38. The van der Waals surface area contributed by atoms with Crippen molar-refractivity contribution in [3.63, 3.8) is 0 Å². The van der Waals surface area contributed by atoms with Crippen LogP contribution in [0.25, 0.3) is 11.3 Å². The predicted octanol–water partition coefficient (Wildman–Crippen LogP) is 2.94. The fraction of sp³-hybridized carbons (Fsp3) is 0.176. The highest BCUT2D eigenvalue weighted by Gasteiger charge is 2.11. The standard InChI is InChI=1S/C17H17N3O3S/c21-14(13-6-7-24-11-13)8-19-17(22)20-10-16-18-9-15(23-16)12-4-2-1-3-5-12/h1-7,9,11,14,21H,8,10H2,(H2,19,20,22). The fourth-order valence-corrected chi connectivity index (χ4v) is 2.83. The Morgan fingerprint density at radius 2 is 2.08 bits per heavy atom. The fourth-order valence-electron chi connectivity index (χ4n) is 2.12. The lowest BCUT2D eigenvalue weighted by Crippen LogP contribution is -2.37. The minimum atomic E-state index is -0.714. The molecule has 3 rings (SSSR count). The molecule has 0 bridgehead atoms. The summed E-state index contributed by atoms with van der Waals surface area (Å²) in [6.45, 7) is 0.316. The van der Waals surface area contributed by atoms with Crippen LogP contribution in [-0.4, -0.2) is 22.7 Å². The molecule has 3 N–H and O–H groups in total. The van der Waals surface area contributed by atoms with Crippen molar-refractivity contribution in [1.82, 2.24) is 15.6 Å². The molecule has 3 aromatic rings. The third kappa shape index (κ3) is 4.21. The number of benzene rings is 1. The predicted molar refractivity (Wildman–Crippen MR) is 91.5 cm³/mol. The molecule has 6 nitrogen and oxygen atoms in total. The zero-order valence-corrected chi connectivity index (χ0v) is 13.6. The van der Waals surface area contributed by atoms with Crippen LogP contribution in [0, 0.1) is 0 Å². The number of aromatic nitrogens is 1. The van der Waals surface area contributed by atoms with Crippen molar-refractivity contribution >= 4 is 17.4 Å². The van der Waals surface area contributed by atoms with Crippen LogP contribution in [0.4, 0.5) is 4.79 Å². The lowest BCUT2D eigenvalue weighted by molar-refractivity contribution is 0.173. The van der Waals surface area contributed by atoms with Gasteiger partial charge in [0.05, 0.1) is 18.8 Å². The van der Waals surface area contributed by atoms with Crippen molar-refractivity contribution < 1.29 is 14.3 Å². The van der Waals surface area contributed by atoms with Crippen LogP contribution in [0.5, 0.6) is 0 Å². The van der Waals surface area contributed by atoms with E-state index < -0.39 is 6.10 Å². The number of hydrogen-bond acceptors (Lipinski definition) is 5. The molecule has 0 aliphatic heterocycles. The van der Waals surface area contributed by atoms with Gasteiger partial charge < -0.3 is 20.2 Å². The molecular formula is C17H17N3O3S. The maximum absolute atomic E-state index is 11.8. The van der Waals surface area contributed by atoms with Gasteiger partial charge in [-0.25, -0.2) is 9.78 Å². The van der Waals surface area contributed by atoms with Gasteiger partial charge in [-0.05, 0) is 22.4 Å². The van der Waals surface area contributed by atoms with Gasteiger partial charge in [0.15, 0.2) is 5.76 Å². The maximum Gasteiger partial charge on any atom is 0.315 e. The van der Waals surface area contributed by atoms with E-state index in [0.29, 0.717) is 11.7 Å². The van der Waals surface area contributed by atoms with Crippen molar-refractivity contribution in [2.24, 2.45) is 0 Å². The molecule has 124 valence electrons. The van der Waals surface area contributed by atoms with Gasteiger partial charge in [0, 0.05) is 12.1 Å². The van der Waals surface area contributed by atoms with Crippen LogP contribution in [0.1, 0.15) is 17.6 Å². The summed E-state index contributed by atoms with van der Waals surface area (Å²) < 4.78 is 5.60. The summed E-state index contributed by atoms with van der Waals surface area (Å²) in [7, 11) is 0. The molecule has 0 aliphatic carbocycles. The number of carbonyl (C=O) groups is 1. The van der Waals surface area contributed by atoms with Gasteiger partial charge in [-0.15, -0.1) is 0 Å². The number of aliphatic hydroxyl groups excluding tert-OH is 1. The number of carbonyl (C=O) groups excluding carboxylic acids is 1. The van der Waals surface area contributed by atoms with E-state index in [1.807, 2.05) is 47.2 Å². The molecule has 0 radical (unpaired) electrons. The minimum Gasteiger partial charge on any atom is -0.439 e. The second-order valence-electron chi connectivity index (χ2n) is 5.12. The van der Waals surface area contributed by atoms with Gasteiger partial charge in [-0.3, -0.25) is 0 Å². The zero-order chi connectivity index (χ0) is 16.8. The average molecular weight is 343 g/mol. The van der Waals surface area contributed by atoms with Crippen LogP contribution in [-0.2, 0) is 6.54 Å². The molecule has 1 atom stereocenters. The van der Waals surface area contributed by atoms with E-state index in [1.54, 1.807) is 6.20 Å². The third-order valence-electron chi connectivity index (χ3n) is 3.40. The van der Waals surface area contributed by atoms with E-state index in [-0.39, 0.29) is 19.1 Å². The maximum atomic E-state index is 11.8. The van der Waals surface area contributed by atoms with Crippen LogP contribution < -0.4 is 10.6 Å². The van der Waals surface area contributed by atoms with Crippen molar-refractivity contribution in [3.8, 4) is 11.3 Å². The van der Waals surface area contributed by atoms with E-state index in [4.69, 9.17) is 4.42 Å². The Morgan fingerprint density at radius 3 is 2.83 bits per heavy atom. The van der Waals surface area contributed by atoms with E-state index in [2.05, 4.69) is 15.6 Å². The normalized spacial score (nSPS) is 11.9. The lowest BCUT2D eigenvalue weighted by atomic mass is 10.2. The van der Waals surface area contributed by atoms with Crippen LogP contribution in [0.15, 0.2) is 57.8 Å². The molecule has 0 fully saturated rings. The Balaban J connectivity index is 1.46. The molecule has 0 saturated carbocycles. The summed E-state index contributed by atoms with van der Waals surface area (Å²) in [6, 6.07) is 11.1. The highest BCUT2D eigenvalue weighted by Crippen LogP contribution is 2.19. The second kappa shape index (κ2) is 7.76. The molecule has 0 aliphatic rings. The number of oxazole rings is 1. The van der Waals surface area contributed by atoms with E-state index in [0.717, 1.165) is 11.1 Å². The molecule has 0 spiro atoms. The van der Waals surface area contributed by atoms with E-state index >= 15 is 0 Å². The summed E-state index contributed by atoms with van der Waals surface area (Å²) in [5, 5.41) is 18.9. The Morgan fingerprint density at radius 1 is 1.25 bits per heavy atom. The van der Waals surface area contributed by atoms with Gasteiger partial charge in [0.2, 0.25) is 5.89 Å². The topological polar surface area (TPSA) is 87.4 Å². The summed E-state index contributed by atoms with van der Waals surface area (Å²) in [5.41, 5.74) is 1.72. The molecule has 2 aromatic heterocycles. The van der Waals surface area contributed by atoms with Crippen LogP contribution >= 0.6 is 11.3 Å². The number of nitrogens with one attached hydrogen (secondary N) is 2. The molecule has 7 heteroatoms. The van der Waals surface area contributed by atoms with Crippen LogP contribution in [0.2, 0.25) is 0 Å². The number of hydrogen-bond donors (Lipinski definition) is 3. The molecule has 2 amide bonds. The van der Waals surface area contributed by atoms with Crippen LogP contribution in [0.3, 0.4) is 0 Å². The van der Waals surface area contributed by atoms with Gasteiger partial charge in [0.25, 0.3) is 0 Å². The average Bonchev–Trinajstić information content (AvgIpc) is 3.30. The molecular weight excluding hydrogens is 326 g/mol. The largest absolute Gasteiger partial charge is 0.439 e. The lowest BCUT2D eigenvalue weighted by Gasteiger charge is -2.10. The molecule has 0 saturated heterocycles. The third-order valence-corrected chi connectivity index (χ3v) is 4.10. The number of nitrogens with zero attached hydrogens (tertiary/aromatic N) is 1. The molecule has 1 unspecified atom stereocenters. The molecule has 2 heterocycles. The quantitative estimate of drug-likeness (QED) is 0.642. The first kappa shape index (κ1) is 16.2. The first-order valence-electron chi connectivity index (χ1n) is 7.44. The second-order valence-corrected chi connectivity index (χ2v) is 5.90. The monoisotopic (exact) mass is 343 g/mol.